The maximum Gasteiger partial charge on any atom is 0.514 e. The molecule has 0 saturated carbocycles. The minimum absolute atomic E-state index is 0.0578. The van der Waals surface area contributed by atoms with E-state index in [9.17, 15) is 23.3 Å². The van der Waals surface area contributed by atoms with Crippen LogP contribution in [0.25, 0.3) is 0 Å². The molecule has 0 unspecified atom stereocenters. The highest BCUT2D eigenvalue weighted by Crippen LogP contribution is 2.15. The van der Waals surface area contributed by atoms with Crippen molar-refractivity contribution in [1.29, 1.82) is 0 Å². The average molecular weight is 382 g/mol. The average Bonchev–Trinajstić information content (AvgIpc) is 2.58. The van der Waals surface area contributed by atoms with Crippen LogP contribution < -0.4 is 9.88 Å². The number of benzene rings is 2. The lowest BCUT2D eigenvalue weighted by molar-refractivity contribution is -0.763. The lowest BCUT2D eigenvalue weighted by atomic mass is 10.2. The molecule has 0 saturated heterocycles. The Morgan fingerprint density at radius 3 is 2.38 bits per heavy atom. The van der Waals surface area contributed by atoms with Gasteiger partial charge in [0.05, 0.1) is 4.90 Å². The summed E-state index contributed by atoms with van der Waals surface area (Å²) in [4.78, 5) is 26.0. The Balaban J connectivity index is 1.89. The summed E-state index contributed by atoms with van der Waals surface area (Å²) in [6, 6.07) is 11.4. The van der Waals surface area contributed by atoms with Gasteiger partial charge in [-0.3, -0.25) is 0 Å². The third kappa shape index (κ3) is 6.03. The summed E-state index contributed by atoms with van der Waals surface area (Å²) in [6.07, 6.45) is -0.993. The van der Waals surface area contributed by atoms with Gasteiger partial charge in [0, 0.05) is 0 Å². The van der Waals surface area contributed by atoms with Crippen LogP contribution in [-0.2, 0) is 32.8 Å². The molecule has 0 aliphatic carbocycles. The molecule has 2 aromatic carbocycles. The van der Waals surface area contributed by atoms with Gasteiger partial charge in [0.2, 0.25) is 10.0 Å². The van der Waals surface area contributed by atoms with Gasteiger partial charge in [0.1, 0.15) is 19.0 Å². The lowest BCUT2D eigenvalue weighted by Crippen LogP contribution is -2.12. The van der Waals surface area contributed by atoms with Gasteiger partial charge in [-0.15, -0.1) is 10.1 Å². The van der Waals surface area contributed by atoms with Crippen molar-refractivity contribution in [2.24, 2.45) is 5.14 Å². The van der Waals surface area contributed by atoms with Gasteiger partial charge in [-0.25, -0.2) is 18.4 Å². The van der Waals surface area contributed by atoms with Crippen LogP contribution in [0.1, 0.15) is 11.1 Å². The monoisotopic (exact) mass is 382 g/mol. The fourth-order valence-electron chi connectivity index (χ4n) is 1.87. The van der Waals surface area contributed by atoms with Crippen LogP contribution in [0.15, 0.2) is 53.4 Å². The Kier molecular flexibility index (Phi) is 6.09. The molecular formula is C15H14N2O8S. The maximum absolute atomic E-state index is 11.7. The molecular weight excluding hydrogens is 368 g/mol. The van der Waals surface area contributed by atoms with Crippen molar-refractivity contribution >= 4 is 16.2 Å². The van der Waals surface area contributed by atoms with Crippen molar-refractivity contribution in [1.82, 2.24) is 0 Å². The molecule has 0 aliphatic rings. The van der Waals surface area contributed by atoms with Gasteiger partial charge in [0.15, 0.2) is 0 Å². The van der Waals surface area contributed by atoms with Crippen molar-refractivity contribution in [2.75, 3.05) is 0 Å². The highest BCUT2D eigenvalue weighted by molar-refractivity contribution is 7.89. The number of ether oxygens (including phenoxy) is 2. The quantitative estimate of drug-likeness (QED) is 0.329. The van der Waals surface area contributed by atoms with E-state index in [0.717, 1.165) is 0 Å². The predicted molar refractivity (Wildman–Crippen MR) is 86.9 cm³/mol. The molecule has 26 heavy (non-hydrogen) atoms. The fourth-order valence-corrected chi connectivity index (χ4v) is 2.38. The van der Waals surface area contributed by atoms with Gasteiger partial charge in [-0.05, 0) is 35.4 Å². The second kappa shape index (κ2) is 8.27. The summed E-state index contributed by atoms with van der Waals surface area (Å²) in [6.45, 7) is -0.427. The number of primary sulfonamides is 1. The van der Waals surface area contributed by atoms with Gasteiger partial charge in [-0.1, -0.05) is 24.3 Å². The summed E-state index contributed by atoms with van der Waals surface area (Å²) in [5, 5.41) is 14.2. The van der Waals surface area contributed by atoms with E-state index in [0.29, 0.717) is 11.1 Å². The fraction of sp³-hybridized carbons (Fsp3) is 0.133. The van der Waals surface area contributed by atoms with Gasteiger partial charge >= 0.3 is 6.16 Å². The first-order chi connectivity index (χ1) is 12.2. The number of hydrogen-bond donors (Lipinski definition) is 1. The van der Waals surface area contributed by atoms with Crippen LogP contribution in [-0.4, -0.2) is 19.7 Å². The first kappa shape index (κ1) is 19.1. The third-order valence-corrected chi connectivity index (χ3v) is 3.97. The molecule has 0 heterocycles. The van der Waals surface area contributed by atoms with Crippen LogP contribution >= 0.6 is 0 Å². The van der Waals surface area contributed by atoms with Crippen LogP contribution in [0.5, 0.6) is 5.75 Å². The molecule has 138 valence electrons. The molecule has 2 aromatic rings. The van der Waals surface area contributed by atoms with E-state index < -0.39 is 21.3 Å². The smallest absolute Gasteiger partial charge is 0.429 e. The normalized spacial score (nSPS) is 10.8. The Morgan fingerprint density at radius 2 is 1.77 bits per heavy atom. The van der Waals surface area contributed by atoms with E-state index >= 15 is 0 Å². The van der Waals surface area contributed by atoms with Crippen molar-refractivity contribution in [2.45, 2.75) is 18.1 Å². The first-order valence-corrected chi connectivity index (χ1v) is 8.61. The summed E-state index contributed by atoms with van der Waals surface area (Å²) < 4.78 is 32.2. The van der Waals surface area contributed by atoms with Crippen LogP contribution in [0.3, 0.4) is 0 Å². The zero-order valence-electron chi connectivity index (χ0n) is 13.2. The van der Waals surface area contributed by atoms with Gasteiger partial charge in [-0.2, -0.15) is 0 Å². The molecule has 0 atom stereocenters. The van der Waals surface area contributed by atoms with Gasteiger partial charge in [0.25, 0.3) is 5.09 Å². The molecule has 0 spiro atoms. The van der Waals surface area contributed by atoms with Crippen LogP contribution in [0.2, 0.25) is 0 Å². The summed E-state index contributed by atoms with van der Waals surface area (Å²) in [5.41, 5.74) is 0.966. The van der Waals surface area contributed by atoms with Crippen molar-refractivity contribution in [3.05, 3.63) is 69.8 Å². The Hall–Kier alpha value is -3.18. The highest BCUT2D eigenvalue weighted by Gasteiger charge is 2.10. The molecule has 0 aliphatic heterocycles. The van der Waals surface area contributed by atoms with E-state index in [4.69, 9.17) is 14.6 Å². The Bertz CT molecular complexity index is 896. The topological polar surface area (TPSA) is 148 Å². The highest BCUT2D eigenvalue weighted by atomic mass is 32.2. The number of sulfonamides is 1. The zero-order valence-corrected chi connectivity index (χ0v) is 14.0. The summed E-state index contributed by atoms with van der Waals surface area (Å²) in [7, 11) is -3.79. The molecule has 2 rings (SSSR count). The largest absolute Gasteiger partial charge is 0.514 e. The van der Waals surface area contributed by atoms with Gasteiger partial charge < -0.3 is 14.3 Å². The minimum Gasteiger partial charge on any atom is -0.429 e. The first-order valence-electron chi connectivity index (χ1n) is 7.06. The molecule has 10 nitrogen and oxygen atoms in total. The van der Waals surface area contributed by atoms with E-state index in [1.165, 1.54) is 42.5 Å². The van der Waals surface area contributed by atoms with E-state index in [1.807, 2.05) is 0 Å². The number of carbonyl (C=O) groups excluding carboxylic acids is 1. The number of hydrogen-bond acceptors (Lipinski definition) is 8. The Morgan fingerprint density at radius 1 is 1.08 bits per heavy atom. The second-order valence-corrected chi connectivity index (χ2v) is 6.54. The molecule has 0 radical (unpaired) electrons. The number of nitrogens with zero attached hydrogens (tertiary/aromatic N) is 1. The third-order valence-electron chi connectivity index (χ3n) is 3.04. The van der Waals surface area contributed by atoms with E-state index in [-0.39, 0.29) is 23.9 Å². The van der Waals surface area contributed by atoms with Crippen LogP contribution in [0, 0.1) is 10.1 Å². The molecule has 0 fully saturated rings. The standard InChI is InChI=1S/C15H14N2O8S/c16-26(21,22)14-6-4-11(5-7-14)9-23-15(18)25-13-3-1-2-12(8-13)10-24-17(19)20/h1-8H,9-10H2,(H2,16,21,22). The number of nitrogens with two attached hydrogens (primary N) is 1. The lowest BCUT2D eigenvalue weighted by Gasteiger charge is -2.08. The predicted octanol–water partition coefficient (Wildman–Crippen LogP) is 1.76. The van der Waals surface area contributed by atoms with Crippen molar-refractivity contribution in [3.63, 3.8) is 0 Å². The second-order valence-electron chi connectivity index (χ2n) is 4.97. The maximum atomic E-state index is 11.7. The summed E-state index contributed by atoms with van der Waals surface area (Å²) >= 11 is 0. The number of rotatable bonds is 7. The summed E-state index contributed by atoms with van der Waals surface area (Å²) in [5.74, 6) is 0.129. The number of carbonyl (C=O) groups is 1. The SMILES string of the molecule is NS(=O)(=O)c1ccc(COC(=O)Oc2cccc(CO[N+](=O)[O-])c2)cc1. The van der Waals surface area contributed by atoms with E-state index in [1.54, 1.807) is 6.07 Å². The Labute approximate surface area is 148 Å². The minimum atomic E-state index is -3.79. The van der Waals surface area contributed by atoms with Crippen molar-refractivity contribution < 1.29 is 32.6 Å². The molecule has 0 amide bonds. The molecule has 11 heteroatoms. The van der Waals surface area contributed by atoms with Crippen molar-refractivity contribution in [3.8, 4) is 5.75 Å². The molecule has 0 bridgehead atoms. The van der Waals surface area contributed by atoms with E-state index in [2.05, 4.69) is 4.84 Å². The molecule has 0 aromatic heterocycles. The molecule has 2 N–H and O–H groups in total. The van der Waals surface area contributed by atoms with Crippen LogP contribution in [0.4, 0.5) is 4.79 Å². The zero-order chi connectivity index (χ0) is 19.2.